The number of nitrogen functional groups attached to an aromatic ring is 4. The Hall–Kier alpha value is -11.1. The summed E-state index contributed by atoms with van der Waals surface area (Å²) in [5.74, 6) is -2.27. The molecule has 0 amide bonds. The third-order valence-corrected chi connectivity index (χ3v) is 25.0. The molecule has 0 bridgehead atoms. The second-order valence-electron chi connectivity index (χ2n) is 29.6. The number of hydrogen-bond donors (Lipinski definition) is 13. The average molecular weight is 1850 g/mol. The number of aromatic amines is 1. The van der Waals surface area contributed by atoms with Gasteiger partial charge in [-0.25, -0.2) is 53.0 Å². The van der Waals surface area contributed by atoms with Crippen molar-refractivity contribution < 1.29 is 132 Å². The highest BCUT2D eigenvalue weighted by Gasteiger charge is 2.51. The van der Waals surface area contributed by atoms with E-state index in [-0.39, 0.29) is 95.3 Å². The summed E-state index contributed by atoms with van der Waals surface area (Å²) in [5, 5.41) is 43.1. The Bertz CT molecular complexity index is 6380. The van der Waals surface area contributed by atoms with Gasteiger partial charge in [0.15, 0.2) is 56.5 Å². The fourth-order valence-electron chi connectivity index (χ4n) is 14.9. The number of H-pyrrole nitrogens is 1. The highest BCUT2D eigenvalue weighted by atomic mass is 31.2. The maximum absolute atomic E-state index is 14.7. The lowest BCUT2D eigenvalue weighted by atomic mass is 10.2. The van der Waals surface area contributed by atoms with Crippen molar-refractivity contribution in [2.45, 2.75) is 151 Å². The monoisotopic (exact) mass is 1840 g/mol. The minimum absolute atomic E-state index is 0.0609. The van der Waals surface area contributed by atoms with Gasteiger partial charge in [0.05, 0.1) is 71.1 Å². The van der Waals surface area contributed by atoms with E-state index in [2.05, 4.69) is 64.8 Å². The van der Waals surface area contributed by atoms with Crippen LogP contribution in [0.2, 0.25) is 0 Å². The predicted molar refractivity (Wildman–Crippen MR) is 429 cm³/mol. The quantitative estimate of drug-likeness (QED) is 0.0251. The molecule has 5 aliphatic heterocycles. The second-order valence-corrected chi connectivity index (χ2v) is 35.2. The minimum atomic E-state index is -5.60. The number of imidazole rings is 4. The van der Waals surface area contributed by atoms with Crippen LogP contribution in [-0.4, -0.2) is 222 Å². The largest absolute Gasteiger partial charge is 0.492 e. The zero-order chi connectivity index (χ0) is 89.0. The molecule has 0 aliphatic carbocycles. The van der Waals surface area contributed by atoms with Crippen LogP contribution in [0.4, 0.5) is 23.7 Å². The van der Waals surface area contributed by atoms with Crippen molar-refractivity contribution in [3.63, 3.8) is 0 Å². The van der Waals surface area contributed by atoms with Crippen molar-refractivity contribution in [2.24, 2.45) is 0 Å². The number of rotatable bonds is 35. The van der Waals surface area contributed by atoms with Gasteiger partial charge in [-0.2, -0.15) is 29.9 Å². The molecule has 9 aromatic heterocycles. The molecule has 56 heteroatoms. The van der Waals surface area contributed by atoms with Crippen LogP contribution in [0.15, 0.2) is 126 Å². The molecule has 14 heterocycles. The molecule has 12 aromatic rings. The fraction of sp³-hybridized carbons (Fsp3) is 0.408. The first-order chi connectivity index (χ1) is 60.8. The Balaban J connectivity index is 0.591. The van der Waals surface area contributed by atoms with E-state index in [9.17, 15) is 67.8 Å². The molecular formula is C71H80N22O30P4. The summed E-state index contributed by atoms with van der Waals surface area (Å²) in [6, 6.07) is 24.1. The summed E-state index contributed by atoms with van der Waals surface area (Å²) in [6.45, 7) is -2.42. The molecule has 17 N–H and O–H groups in total. The number of nitrogens with one attached hydrogen (secondary N) is 1. The topological polar surface area (TPSA) is 711 Å². The molecule has 17 rings (SSSR count). The maximum atomic E-state index is 14.7. The van der Waals surface area contributed by atoms with E-state index >= 15 is 0 Å². The number of aliphatic hydroxyl groups is 1. The van der Waals surface area contributed by atoms with Crippen molar-refractivity contribution in [2.75, 3.05) is 56.0 Å². The number of phosphoric ester groups is 4. The summed E-state index contributed by atoms with van der Waals surface area (Å²) in [6.07, 6.45) is -16.0. The van der Waals surface area contributed by atoms with Crippen LogP contribution in [0.5, 0.6) is 29.1 Å². The Kier molecular flexibility index (Phi) is 25.1. The number of aliphatic hydroxyl groups excluding tert-OH is 1. The van der Waals surface area contributed by atoms with Crippen molar-refractivity contribution in [1.82, 2.24) is 87.6 Å². The smallest absolute Gasteiger partial charge is 0.472 e. The standard InChI is InChI=1S/C71H80N22O30P4/c1-34-20-89(71(99)88-64(34)95)51-16-41(46(116-51)24-108-21-37-12-13-39(109-22-35-8-4-2-5-9-35)40(14-37)110-23-36-10-6-3-7-11-36)120-125(102,103)112-26-48-43(18-53(118-48)92-32-80-57-62(92)83-69(74)86-66(57)97)122-127(106,107)114-28-49-44(19-54(119-49)93-33-81-58-63(93)84-70(75)87-67(58)98)123-126(104,105)113-27-47-42(17-52(117-47)91-31-79-56-61(91)82-68(73)85-65(56)96)121-124(100,101)111-25-45-38(94)15-50(115-45)90-30-78-55-59(72)76-29-77-60(55)90/h2-14,20,29-33,38,41-54,94H,15-19,21-28H2,1H3,(H,100,101)(H,102,103)(H,104,105)(H,106,107)(H2,72,76,77)(H,88,95,99)(H3,73,82,85,96)(H3,74,83,86,97)(H3,75,84,87,98)/t38-,41-,42-,43-,44-,45+,46+,47+,48+,49+,50+,51+,52+,53+,54+/m0/s1. The maximum Gasteiger partial charge on any atom is 0.472 e. The van der Waals surface area contributed by atoms with Crippen LogP contribution < -0.4 is 43.7 Å². The lowest BCUT2D eigenvalue weighted by Crippen LogP contribution is -2.33. The van der Waals surface area contributed by atoms with Crippen molar-refractivity contribution in [3.05, 3.63) is 160 Å². The first-order valence-electron chi connectivity index (χ1n) is 38.7. The highest BCUT2D eigenvalue weighted by molar-refractivity contribution is 7.48. The first kappa shape index (κ1) is 87.9. The molecule has 5 fully saturated rings. The Morgan fingerprint density at radius 3 is 1.25 bits per heavy atom. The van der Waals surface area contributed by atoms with E-state index in [0.29, 0.717) is 17.1 Å². The first-order valence-corrected chi connectivity index (χ1v) is 44.7. The number of ether oxygens (including phenoxy) is 8. The SMILES string of the molecule is Cc1cn([C@H]2C[C@H](OP(=O)(O)OC[C@H]3O[C@@H](n4cnc5c(O)nc(N)nc54)C[C@@H]3OP(=O)(O)OC[C@H]3O[C@@H](n4cnc5c(O)nc(N)nc54)C[C@@H]3OP(=O)(O)OC[C@H]3O[C@@H](n4cnc5c(O)nc(N)nc54)C[C@@H]3OP(=O)(O)OC[C@H]3O[C@@H](n4cnc5c(N)ncnc54)C[C@@H]3O)[C@@H](COCc3ccc(OCc4ccccc4)c(OCc4ccccc4)c3)O2)c(=O)[nH]c1=O. The number of hydrogen-bond acceptors (Lipinski definition) is 42. The third kappa shape index (κ3) is 19.8. The molecule has 5 aliphatic rings. The number of phosphoric acid groups is 4. The van der Waals surface area contributed by atoms with Gasteiger partial charge in [0, 0.05) is 43.9 Å². The van der Waals surface area contributed by atoms with Crippen LogP contribution in [-0.2, 0) is 103 Å². The zero-order valence-corrected chi connectivity index (χ0v) is 69.7. The van der Waals surface area contributed by atoms with Crippen LogP contribution in [0.3, 0.4) is 0 Å². The predicted octanol–water partition coefficient (Wildman–Crippen LogP) is 3.83. The van der Waals surface area contributed by atoms with Gasteiger partial charge < -0.3 is 101 Å². The van der Waals surface area contributed by atoms with E-state index in [4.69, 9.17) is 97.0 Å². The molecule has 3 aromatic carbocycles. The number of aromatic nitrogens is 18. The number of anilines is 4. The van der Waals surface area contributed by atoms with Gasteiger partial charge in [0.1, 0.15) is 111 Å². The summed E-state index contributed by atoms with van der Waals surface area (Å²) in [7, 11) is -21.9. The Morgan fingerprint density at radius 1 is 0.433 bits per heavy atom. The van der Waals surface area contributed by atoms with E-state index in [0.717, 1.165) is 34.7 Å². The number of fused-ring (bicyclic) bond motifs is 4. The lowest BCUT2D eigenvalue weighted by molar-refractivity contribution is -0.0711. The van der Waals surface area contributed by atoms with E-state index in [1.807, 2.05) is 60.7 Å². The average Bonchev–Trinajstić information content (AvgIpc) is 1.63. The third-order valence-electron chi connectivity index (χ3n) is 21.0. The molecule has 674 valence electrons. The summed E-state index contributed by atoms with van der Waals surface area (Å²) < 4.78 is 159. The fourth-order valence-corrected chi connectivity index (χ4v) is 18.8. The van der Waals surface area contributed by atoms with Crippen molar-refractivity contribution >= 4 is 99.6 Å². The van der Waals surface area contributed by atoms with Crippen LogP contribution in [0, 0.1) is 6.92 Å². The summed E-state index contributed by atoms with van der Waals surface area (Å²) in [4.78, 5) is 123. The van der Waals surface area contributed by atoms with E-state index < -0.39 is 216 Å². The molecule has 4 unspecified atom stereocenters. The van der Waals surface area contributed by atoms with Crippen molar-refractivity contribution in [3.8, 4) is 29.1 Å². The minimum Gasteiger partial charge on any atom is -0.492 e. The van der Waals surface area contributed by atoms with Gasteiger partial charge >= 0.3 is 37.0 Å². The summed E-state index contributed by atoms with van der Waals surface area (Å²) in [5.41, 5.74) is 24.3. The Morgan fingerprint density at radius 2 is 0.811 bits per heavy atom. The molecule has 0 saturated carbocycles. The van der Waals surface area contributed by atoms with Gasteiger partial charge in [-0.05, 0) is 35.7 Å². The molecule has 127 heavy (non-hydrogen) atoms. The second kappa shape index (κ2) is 36.2. The highest BCUT2D eigenvalue weighted by Crippen LogP contribution is 2.56. The molecule has 0 radical (unpaired) electrons. The van der Waals surface area contributed by atoms with Gasteiger partial charge in [0.2, 0.25) is 35.5 Å². The molecule has 19 atom stereocenters. The number of aryl methyl sites for hydroxylation is 1. The van der Waals surface area contributed by atoms with Gasteiger partial charge in [-0.1, -0.05) is 66.7 Å². The zero-order valence-electron chi connectivity index (χ0n) is 66.1. The Labute approximate surface area is 712 Å². The van der Waals surface area contributed by atoms with Crippen LogP contribution >= 0.6 is 31.3 Å². The van der Waals surface area contributed by atoms with Crippen molar-refractivity contribution in [1.29, 1.82) is 0 Å². The molecule has 52 nitrogen and oxygen atoms in total. The number of nitrogens with zero attached hydrogens (tertiary/aromatic N) is 17. The van der Waals surface area contributed by atoms with E-state index in [1.54, 1.807) is 18.2 Å². The number of nitrogens with two attached hydrogens (primary N) is 4. The normalized spacial score (nSPS) is 25.7. The van der Waals surface area contributed by atoms with Gasteiger partial charge in [-0.3, -0.25) is 68.8 Å². The number of benzene rings is 3. The van der Waals surface area contributed by atoms with Gasteiger partial charge in [0.25, 0.3) is 5.56 Å². The molecular weight excluding hydrogens is 1760 g/mol. The number of aromatic hydroxyl groups is 3. The molecule has 5 saturated heterocycles. The van der Waals surface area contributed by atoms with Gasteiger partial charge in [-0.15, -0.1) is 0 Å². The lowest BCUT2D eigenvalue weighted by Gasteiger charge is -2.26. The van der Waals surface area contributed by atoms with Crippen LogP contribution in [0.1, 0.15) is 85.5 Å². The van der Waals surface area contributed by atoms with E-state index in [1.165, 1.54) is 44.0 Å². The molecule has 0 spiro atoms. The van der Waals surface area contributed by atoms with Crippen LogP contribution in [0.25, 0.3) is 44.7 Å². The summed E-state index contributed by atoms with van der Waals surface area (Å²) >= 11 is 0.